The first-order valence-electron chi connectivity index (χ1n) is 7.78. The summed E-state index contributed by atoms with van der Waals surface area (Å²) in [7, 11) is 0. The molecule has 0 fully saturated rings. The number of anilines is 1. The van der Waals surface area contributed by atoms with Gasteiger partial charge in [-0.2, -0.15) is 5.26 Å². The van der Waals surface area contributed by atoms with Crippen molar-refractivity contribution >= 4 is 29.2 Å². The number of benzene rings is 2. The third kappa shape index (κ3) is 5.50. The lowest BCUT2D eigenvalue weighted by atomic mass is 10.2. The Morgan fingerprint density at radius 3 is 2.54 bits per heavy atom. The van der Waals surface area contributed by atoms with E-state index in [0.717, 1.165) is 5.56 Å². The maximum absolute atomic E-state index is 11.9. The second-order valence-corrected chi connectivity index (χ2v) is 5.95. The maximum Gasteiger partial charge on any atom is 0.347 e. The maximum atomic E-state index is 11.9. The molecular formula is C19H17ClN2O4. The molecule has 0 aromatic heterocycles. The van der Waals surface area contributed by atoms with Gasteiger partial charge >= 0.3 is 5.97 Å². The van der Waals surface area contributed by atoms with E-state index in [0.29, 0.717) is 22.0 Å². The Kier molecular flexibility index (Phi) is 6.59. The number of hydrogen-bond acceptors (Lipinski definition) is 5. The van der Waals surface area contributed by atoms with Gasteiger partial charge in [-0.3, -0.25) is 4.79 Å². The quantitative estimate of drug-likeness (QED) is 0.784. The number of ether oxygens (including phenoxy) is 2. The molecule has 0 spiro atoms. The van der Waals surface area contributed by atoms with Crippen LogP contribution in [0, 0.1) is 18.3 Å². The molecule has 0 saturated carbocycles. The van der Waals surface area contributed by atoms with Crippen LogP contribution in [0.2, 0.25) is 5.02 Å². The standard InChI is InChI=1S/C19H17ClN2O4/c1-12-9-15(20)5-8-17(12)22-18(23)11-25-19(24)13(2)26-16-6-3-14(10-21)4-7-16/h3-9,13H,11H2,1-2H3,(H,22,23)/t13-/m1/s1. The predicted octanol–water partition coefficient (Wildman–Crippen LogP) is 3.47. The number of esters is 1. The van der Waals surface area contributed by atoms with E-state index in [1.807, 2.05) is 6.07 Å². The zero-order chi connectivity index (χ0) is 19.1. The summed E-state index contributed by atoms with van der Waals surface area (Å²) in [6.07, 6.45) is -0.895. The van der Waals surface area contributed by atoms with E-state index in [1.165, 1.54) is 6.92 Å². The molecule has 7 heteroatoms. The van der Waals surface area contributed by atoms with Gasteiger partial charge in [0, 0.05) is 10.7 Å². The normalized spacial score (nSPS) is 11.2. The van der Waals surface area contributed by atoms with Gasteiger partial charge in [-0.25, -0.2) is 4.79 Å². The van der Waals surface area contributed by atoms with Crippen molar-refractivity contribution in [2.24, 2.45) is 0 Å². The van der Waals surface area contributed by atoms with Gasteiger partial charge in [0.2, 0.25) is 0 Å². The third-order valence-electron chi connectivity index (χ3n) is 3.44. The summed E-state index contributed by atoms with van der Waals surface area (Å²) in [6, 6.07) is 13.4. The SMILES string of the molecule is Cc1cc(Cl)ccc1NC(=O)COC(=O)[C@@H](C)Oc1ccc(C#N)cc1. The number of carbonyl (C=O) groups is 2. The van der Waals surface area contributed by atoms with Gasteiger partial charge in [0.1, 0.15) is 5.75 Å². The first kappa shape index (κ1) is 19.3. The van der Waals surface area contributed by atoms with Crippen LogP contribution in [0.15, 0.2) is 42.5 Å². The number of halogens is 1. The zero-order valence-corrected chi connectivity index (χ0v) is 15.0. The van der Waals surface area contributed by atoms with E-state index in [9.17, 15) is 9.59 Å². The summed E-state index contributed by atoms with van der Waals surface area (Å²) < 4.78 is 10.4. The lowest BCUT2D eigenvalue weighted by molar-refractivity contribution is -0.153. The van der Waals surface area contributed by atoms with Crippen LogP contribution < -0.4 is 10.1 Å². The van der Waals surface area contributed by atoms with Crippen LogP contribution in [0.1, 0.15) is 18.1 Å². The Morgan fingerprint density at radius 2 is 1.92 bits per heavy atom. The Morgan fingerprint density at radius 1 is 1.23 bits per heavy atom. The lowest BCUT2D eigenvalue weighted by Gasteiger charge is -2.14. The van der Waals surface area contributed by atoms with Gasteiger partial charge in [-0.15, -0.1) is 0 Å². The molecule has 0 radical (unpaired) electrons. The largest absolute Gasteiger partial charge is 0.479 e. The predicted molar refractivity (Wildman–Crippen MR) is 97.0 cm³/mol. The summed E-state index contributed by atoms with van der Waals surface area (Å²) in [5.41, 5.74) is 1.88. The Labute approximate surface area is 156 Å². The van der Waals surface area contributed by atoms with E-state index in [2.05, 4.69) is 5.32 Å². The molecule has 0 aliphatic heterocycles. The number of nitriles is 1. The number of hydrogen-bond donors (Lipinski definition) is 1. The van der Waals surface area contributed by atoms with Crippen molar-refractivity contribution in [2.45, 2.75) is 20.0 Å². The Bertz CT molecular complexity index is 844. The zero-order valence-electron chi connectivity index (χ0n) is 14.3. The minimum atomic E-state index is -0.895. The molecule has 1 amide bonds. The first-order valence-corrected chi connectivity index (χ1v) is 8.16. The molecular weight excluding hydrogens is 356 g/mol. The number of nitrogens with one attached hydrogen (secondary N) is 1. The average Bonchev–Trinajstić information content (AvgIpc) is 2.62. The molecule has 2 aromatic rings. The van der Waals surface area contributed by atoms with E-state index in [-0.39, 0.29) is 0 Å². The highest BCUT2D eigenvalue weighted by atomic mass is 35.5. The van der Waals surface area contributed by atoms with E-state index < -0.39 is 24.6 Å². The lowest BCUT2D eigenvalue weighted by Crippen LogP contribution is -2.29. The van der Waals surface area contributed by atoms with E-state index in [4.69, 9.17) is 26.3 Å². The van der Waals surface area contributed by atoms with Gasteiger partial charge < -0.3 is 14.8 Å². The van der Waals surface area contributed by atoms with Crippen LogP contribution in [0.5, 0.6) is 5.75 Å². The van der Waals surface area contributed by atoms with Crippen LogP contribution >= 0.6 is 11.6 Å². The summed E-state index contributed by atoms with van der Waals surface area (Å²) in [5.74, 6) is -0.707. The fourth-order valence-corrected chi connectivity index (χ4v) is 2.29. The van der Waals surface area contributed by atoms with Crippen LogP contribution in [-0.4, -0.2) is 24.6 Å². The second kappa shape index (κ2) is 8.88. The van der Waals surface area contributed by atoms with Gasteiger partial charge in [-0.05, 0) is 61.9 Å². The highest BCUT2D eigenvalue weighted by molar-refractivity contribution is 6.30. The van der Waals surface area contributed by atoms with Crippen molar-refractivity contribution in [1.82, 2.24) is 0 Å². The van der Waals surface area contributed by atoms with Crippen molar-refractivity contribution in [1.29, 1.82) is 5.26 Å². The third-order valence-corrected chi connectivity index (χ3v) is 3.67. The van der Waals surface area contributed by atoms with Crippen LogP contribution in [0.25, 0.3) is 0 Å². The molecule has 0 bridgehead atoms. The molecule has 1 N–H and O–H groups in total. The van der Waals surface area contributed by atoms with Gasteiger partial charge in [-0.1, -0.05) is 11.6 Å². The monoisotopic (exact) mass is 372 g/mol. The van der Waals surface area contributed by atoms with Crippen LogP contribution in [0.3, 0.4) is 0 Å². The number of nitrogens with zero attached hydrogens (tertiary/aromatic N) is 1. The van der Waals surface area contributed by atoms with Crippen molar-refractivity contribution < 1.29 is 19.1 Å². The van der Waals surface area contributed by atoms with Gasteiger partial charge in [0.25, 0.3) is 5.91 Å². The smallest absolute Gasteiger partial charge is 0.347 e. The minimum absolute atomic E-state index is 0.426. The molecule has 0 saturated heterocycles. The highest BCUT2D eigenvalue weighted by Gasteiger charge is 2.18. The molecule has 134 valence electrons. The number of carbonyl (C=O) groups excluding carboxylic acids is 2. The van der Waals surface area contributed by atoms with Crippen LogP contribution in [0.4, 0.5) is 5.69 Å². The molecule has 0 heterocycles. The molecule has 26 heavy (non-hydrogen) atoms. The Hall–Kier alpha value is -3.04. The molecule has 2 rings (SSSR count). The van der Waals surface area contributed by atoms with Crippen molar-refractivity contribution in [2.75, 3.05) is 11.9 Å². The summed E-state index contributed by atoms with van der Waals surface area (Å²) in [5, 5.41) is 12.0. The molecule has 1 atom stereocenters. The fourth-order valence-electron chi connectivity index (χ4n) is 2.07. The van der Waals surface area contributed by atoms with Crippen molar-refractivity contribution in [3.8, 4) is 11.8 Å². The molecule has 0 aliphatic carbocycles. The second-order valence-electron chi connectivity index (χ2n) is 5.51. The van der Waals surface area contributed by atoms with E-state index >= 15 is 0 Å². The number of rotatable bonds is 6. The fraction of sp³-hybridized carbons (Fsp3) is 0.211. The summed E-state index contributed by atoms with van der Waals surface area (Å²) in [6.45, 7) is 2.89. The number of amides is 1. The van der Waals surface area contributed by atoms with E-state index in [1.54, 1.807) is 49.4 Å². The molecule has 6 nitrogen and oxygen atoms in total. The molecule has 0 aliphatic rings. The Balaban J connectivity index is 1.82. The van der Waals surface area contributed by atoms with Crippen molar-refractivity contribution in [3.05, 3.63) is 58.6 Å². The van der Waals surface area contributed by atoms with Gasteiger partial charge in [0.15, 0.2) is 12.7 Å². The topological polar surface area (TPSA) is 88.4 Å². The minimum Gasteiger partial charge on any atom is -0.479 e. The summed E-state index contributed by atoms with van der Waals surface area (Å²) >= 11 is 5.86. The average molecular weight is 373 g/mol. The van der Waals surface area contributed by atoms with Crippen molar-refractivity contribution in [3.63, 3.8) is 0 Å². The molecule has 0 unspecified atom stereocenters. The number of aryl methyl sites for hydroxylation is 1. The highest BCUT2D eigenvalue weighted by Crippen LogP contribution is 2.19. The van der Waals surface area contributed by atoms with Crippen LogP contribution in [-0.2, 0) is 14.3 Å². The van der Waals surface area contributed by atoms with Gasteiger partial charge in [0.05, 0.1) is 11.6 Å². The molecule has 2 aromatic carbocycles. The summed E-state index contributed by atoms with van der Waals surface area (Å²) in [4.78, 5) is 23.9. The first-order chi connectivity index (χ1) is 12.4.